The van der Waals surface area contributed by atoms with Gasteiger partial charge in [0.1, 0.15) is 5.75 Å². The number of hydrogen-bond acceptors (Lipinski definition) is 4. The Hall–Kier alpha value is -3.43. The van der Waals surface area contributed by atoms with Crippen molar-refractivity contribution in [3.8, 4) is 5.75 Å². The SMILES string of the molecule is CC1=NN(c2ccc(OC(F)F)cc2)C(=O)C1NC(=O)c1cccc(C(C)(F)F)c1. The highest BCUT2D eigenvalue weighted by Crippen LogP contribution is 2.28. The normalized spacial score (nSPS) is 16.6. The summed E-state index contributed by atoms with van der Waals surface area (Å²) in [4.78, 5) is 25.2. The van der Waals surface area contributed by atoms with Crippen molar-refractivity contribution in [2.45, 2.75) is 32.4 Å². The lowest BCUT2D eigenvalue weighted by Gasteiger charge is -2.16. The Kier molecular flexibility index (Phi) is 5.77. The van der Waals surface area contributed by atoms with Gasteiger partial charge in [0.15, 0.2) is 6.04 Å². The first-order valence-electron chi connectivity index (χ1n) is 8.79. The van der Waals surface area contributed by atoms with Crippen LogP contribution >= 0.6 is 0 Å². The largest absolute Gasteiger partial charge is 0.435 e. The van der Waals surface area contributed by atoms with E-state index in [2.05, 4.69) is 15.2 Å². The zero-order valence-corrected chi connectivity index (χ0v) is 15.9. The highest BCUT2D eigenvalue weighted by atomic mass is 19.3. The number of anilines is 1. The summed E-state index contributed by atoms with van der Waals surface area (Å²) in [6.07, 6.45) is 0. The summed E-state index contributed by atoms with van der Waals surface area (Å²) < 4.78 is 55.8. The molecule has 1 atom stereocenters. The molecule has 0 aromatic heterocycles. The fourth-order valence-corrected chi connectivity index (χ4v) is 2.83. The van der Waals surface area contributed by atoms with Crippen LogP contribution in [0.1, 0.15) is 29.8 Å². The Labute approximate surface area is 169 Å². The Morgan fingerprint density at radius 3 is 2.47 bits per heavy atom. The molecule has 1 unspecified atom stereocenters. The predicted octanol–water partition coefficient (Wildman–Crippen LogP) is 3.92. The van der Waals surface area contributed by atoms with Crippen molar-refractivity contribution in [2.75, 3.05) is 5.01 Å². The van der Waals surface area contributed by atoms with Crippen molar-refractivity contribution in [2.24, 2.45) is 5.10 Å². The first-order chi connectivity index (χ1) is 14.1. The summed E-state index contributed by atoms with van der Waals surface area (Å²) in [5.74, 6) is -4.50. The minimum atomic E-state index is -3.12. The molecule has 2 aromatic rings. The van der Waals surface area contributed by atoms with Crippen molar-refractivity contribution in [1.82, 2.24) is 5.32 Å². The molecule has 1 heterocycles. The molecular formula is C20H17F4N3O3. The number of amides is 2. The van der Waals surface area contributed by atoms with E-state index < -0.39 is 30.4 Å². The third-order valence-corrected chi connectivity index (χ3v) is 4.34. The van der Waals surface area contributed by atoms with E-state index in [9.17, 15) is 27.2 Å². The maximum atomic E-state index is 13.5. The van der Waals surface area contributed by atoms with Crippen LogP contribution < -0.4 is 15.1 Å². The van der Waals surface area contributed by atoms with Crippen LogP contribution in [0.5, 0.6) is 5.75 Å². The molecule has 30 heavy (non-hydrogen) atoms. The maximum Gasteiger partial charge on any atom is 0.387 e. The average molecular weight is 423 g/mol. The summed E-state index contributed by atoms with van der Waals surface area (Å²) in [6, 6.07) is 9.08. The van der Waals surface area contributed by atoms with Gasteiger partial charge in [-0.05, 0) is 43.3 Å². The number of carbonyl (C=O) groups is 2. The molecular weight excluding hydrogens is 406 g/mol. The van der Waals surface area contributed by atoms with E-state index in [1.807, 2.05) is 0 Å². The van der Waals surface area contributed by atoms with Crippen LogP contribution in [-0.4, -0.2) is 30.2 Å². The molecule has 0 aliphatic carbocycles. The topological polar surface area (TPSA) is 71.0 Å². The third-order valence-electron chi connectivity index (χ3n) is 4.34. The number of carbonyl (C=O) groups excluding carboxylic acids is 2. The molecule has 0 radical (unpaired) electrons. The molecule has 3 rings (SSSR count). The van der Waals surface area contributed by atoms with Gasteiger partial charge in [-0.2, -0.15) is 18.9 Å². The average Bonchev–Trinajstić information content (AvgIpc) is 2.96. The van der Waals surface area contributed by atoms with Gasteiger partial charge in [-0.1, -0.05) is 12.1 Å². The second-order valence-corrected chi connectivity index (χ2v) is 6.64. The number of ether oxygens (including phenoxy) is 1. The van der Waals surface area contributed by atoms with E-state index in [0.717, 1.165) is 18.0 Å². The number of rotatable bonds is 6. The monoisotopic (exact) mass is 423 g/mol. The Morgan fingerprint density at radius 2 is 1.87 bits per heavy atom. The molecule has 10 heteroatoms. The van der Waals surface area contributed by atoms with E-state index >= 15 is 0 Å². The molecule has 2 aromatic carbocycles. The highest BCUT2D eigenvalue weighted by molar-refractivity contribution is 6.20. The minimum Gasteiger partial charge on any atom is -0.435 e. The number of benzene rings is 2. The molecule has 6 nitrogen and oxygen atoms in total. The van der Waals surface area contributed by atoms with Crippen LogP contribution in [0.3, 0.4) is 0 Å². The van der Waals surface area contributed by atoms with Crippen LogP contribution in [0.15, 0.2) is 53.6 Å². The van der Waals surface area contributed by atoms with Crippen molar-refractivity contribution in [1.29, 1.82) is 0 Å². The van der Waals surface area contributed by atoms with Crippen LogP contribution in [0.2, 0.25) is 0 Å². The summed E-state index contributed by atoms with van der Waals surface area (Å²) in [7, 11) is 0. The minimum absolute atomic E-state index is 0.0263. The molecule has 0 spiro atoms. The fraction of sp³-hybridized carbons (Fsp3) is 0.250. The summed E-state index contributed by atoms with van der Waals surface area (Å²) in [5, 5.41) is 7.59. The Morgan fingerprint density at radius 1 is 1.20 bits per heavy atom. The van der Waals surface area contributed by atoms with Gasteiger partial charge in [0.25, 0.3) is 17.7 Å². The lowest BCUT2D eigenvalue weighted by atomic mass is 10.1. The molecule has 1 aliphatic rings. The van der Waals surface area contributed by atoms with Gasteiger partial charge in [-0.25, -0.2) is 8.78 Å². The smallest absolute Gasteiger partial charge is 0.387 e. The van der Waals surface area contributed by atoms with Crippen molar-refractivity contribution in [3.05, 3.63) is 59.7 Å². The molecule has 0 saturated heterocycles. The molecule has 1 N–H and O–H groups in total. The van der Waals surface area contributed by atoms with Crippen molar-refractivity contribution in [3.63, 3.8) is 0 Å². The number of nitrogens with zero attached hydrogens (tertiary/aromatic N) is 2. The van der Waals surface area contributed by atoms with Crippen molar-refractivity contribution >= 4 is 23.2 Å². The first kappa shape index (κ1) is 21.3. The first-order valence-corrected chi connectivity index (χ1v) is 8.79. The summed E-state index contributed by atoms with van der Waals surface area (Å²) >= 11 is 0. The number of halogens is 4. The standard InChI is InChI=1S/C20H17F4N3O3/c1-11-16(25-17(28)12-4-3-5-13(10-12)20(2,23)24)18(29)27(26-11)14-6-8-15(9-7-14)30-19(21)22/h3-10,16,19H,1-2H3,(H,25,28). The second kappa shape index (κ2) is 8.13. The zero-order valence-electron chi connectivity index (χ0n) is 15.9. The quantitative estimate of drug-likeness (QED) is 0.716. The summed E-state index contributed by atoms with van der Waals surface area (Å²) in [6.45, 7) is -0.736. The van der Waals surface area contributed by atoms with E-state index in [4.69, 9.17) is 0 Å². The number of nitrogens with one attached hydrogen (secondary N) is 1. The molecule has 158 valence electrons. The van der Waals surface area contributed by atoms with Gasteiger partial charge in [0, 0.05) is 18.1 Å². The van der Waals surface area contributed by atoms with Gasteiger partial charge < -0.3 is 10.1 Å². The molecule has 0 saturated carbocycles. The fourth-order valence-electron chi connectivity index (χ4n) is 2.83. The Bertz CT molecular complexity index is 988. The van der Waals surface area contributed by atoms with E-state index in [-0.39, 0.29) is 28.3 Å². The number of hydrogen-bond donors (Lipinski definition) is 1. The maximum absolute atomic E-state index is 13.5. The predicted molar refractivity (Wildman–Crippen MR) is 101 cm³/mol. The van der Waals surface area contributed by atoms with Gasteiger partial charge in [0.05, 0.1) is 11.4 Å². The van der Waals surface area contributed by atoms with E-state index in [1.165, 1.54) is 49.4 Å². The molecule has 1 aliphatic heterocycles. The second-order valence-electron chi connectivity index (χ2n) is 6.64. The highest BCUT2D eigenvalue weighted by Gasteiger charge is 2.36. The van der Waals surface area contributed by atoms with Crippen LogP contribution in [0.4, 0.5) is 23.2 Å². The Balaban J connectivity index is 1.74. The lowest BCUT2D eigenvalue weighted by molar-refractivity contribution is -0.118. The van der Waals surface area contributed by atoms with Gasteiger partial charge in [0.2, 0.25) is 0 Å². The van der Waals surface area contributed by atoms with Crippen molar-refractivity contribution < 1.29 is 31.9 Å². The van der Waals surface area contributed by atoms with Crippen LogP contribution in [0.25, 0.3) is 0 Å². The van der Waals surface area contributed by atoms with Gasteiger partial charge >= 0.3 is 6.61 Å². The molecule has 0 bridgehead atoms. The van der Waals surface area contributed by atoms with Crippen LogP contribution in [0, 0.1) is 0 Å². The van der Waals surface area contributed by atoms with Crippen LogP contribution in [-0.2, 0) is 10.7 Å². The summed E-state index contributed by atoms with van der Waals surface area (Å²) in [5.41, 5.74) is 0.205. The molecule has 0 fully saturated rings. The van der Waals surface area contributed by atoms with E-state index in [1.54, 1.807) is 0 Å². The third kappa shape index (κ3) is 4.58. The number of alkyl halides is 4. The van der Waals surface area contributed by atoms with Gasteiger partial charge in [-0.15, -0.1) is 0 Å². The lowest BCUT2D eigenvalue weighted by Crippen LogP contribution is -2.45. The number of hydrazone groups is 1. The van der Waals surface area contributed by atoms with E-state index in [0.29, 0.717) is 0 Å². The molecule has 2 amide bonds. The van der Waals surface area contributed by atoms with Gasteiger partial charge in [-0.3, -0.25) is 9.59 Å². The zero-order chi connectivity index (χ0) is 22.1.